The van der Waals surface area contributed by atoms with E-state index >= 15 is 0 Å². The molecule has 2 N–H and O–H groups in total. The van der Waals surface area contributed by atoms with Crippen LogP contribution in [0, 0.1) is 5.92 Å². The lowest BCUT2D eigenvalue weighted by Crippen LogP contribution is -2.37. The van der Waals surface area contributed by atoms with Gasteiger partial charge in [-0.1, -0.05) is 6.07 Å². The average molecular weight is 472 g/mol. The number of morpholine rings is 1. The maximum atomic E-state index is 11.1. The second kappa shape index (κ2) is 8.95. The van der Waals surface area contributed by atoms with Crippen LogP contribution in [0.15, 0.2) is 48.9 Å². The Morgan fingerprint density at radius 3 is 2.69 bits per heavy atom. The molecule has 0 bridgehead atoms. The van der Waals surface area contributed by atoms with Gasteiger partial charge in [-0.3, -0.25) is 0 Å². The summed E-state index contributed by atoms with van der Waals surface area (Å²) < 4.78 is 7.73. The molecule has 10 nitrogen and oxygen atoms in total. The van der Waals surface area contributed by atoms with Gasteiger partial charge in [0.2, 0.25) is 5.95 Å². The predicted octanol–water partition coefficient (Wildman–Crippen LogP) is 3.58. The van der Waals surface area contributed by atoms with Crippen molar-refractivity contribution < 1.29 is 14.6 Å². The minimum atomic E-state index is -1.06. The number of carboxylic acid groups (broad SMARTS) is 1. The quantitative estimate of drug-likeness (QED) is 0.417. The first-order valence-electron chi connectivity index (χ1n) is 11.8. The van der Waals surface area contributed by atoms with Crippen LogP contribution in [0.1, 0.15) is 23.3 Å². The summed E-state index contributed by atoms with van der Waals surface area (Å²) in [5.74, 6) is 0.912. The number of imidazole rings is 1. The Balaban J connectivity index is 1.37. The molecular formula is C25H25N7O3. The van der Waals surface area contributed by atoms with Crippen LogP contribution < -0.4 is 10.2 Å². The number of rotatable bonds is 7. The number of hydrogen-bond acceptors (Lipinski definition) is 8. The van der Waals surface area contributed by atoms with E-state index in [0.29, 0.717) is 43.8 Å². The number of ether oxygens (including phenoxy) is 1. The standard InChI is InChI=1S/C25H25N7O3/c33-24(34)20-6-4-18(13-26-20)28-23-12-21(29-25(30-23)31-7-9-35-10-8-31)17-3-5-19-22(11-17)32(15-27-19)14-16-1-2-16/h3-6,11-13,15-16H,1-2,7-10,14H2,(H,33,34)(H,28,29,30). The van der Waals surface area contributed by atoms with Crippen LogP contribution in [0.2, 0.25) is 0 Å². The van der Waals surface area contributed by atoms with Gasteiger partial charge >= 0.3 is 5.97 Å². The Hall–Kier alpha value is -4.05. The minimum Gasteiger partial charge on any atom is -0.477 e. The van der Waals surface area contributed by atoms with E-state index in [0.717, 1.165) is 34.8 Å². The van der Waals surface area contributed by atoms with Gasteiger partial charge in [-0.15, -0.1) is 0 Å². The van der Waals surface area contributed by atoms with Crippen molar-refractivity contribution in [3.05, 3.63) is 54.6 Å². The van der Waals surface area contributed by atoms with Crippen molar-refractivity contribution in [2.75, 3.05) is 36.5 Å². The van der Waals surface area contributed by atoms with E-state index in [-0.39, 0.29) is 5.69 Å². The second-order valence-corrected chi connectivity index (χ2v) is 8.94. The molecule has 1 saturated heterocycles. The normalized spacial score (nSPS) is 15.9. The number of hydrogen-bond donors (Lipinski definition) is 2. The first-order chi connectivity index (χ1) is 17.1. The molecule has 0 radical (unpaired) electrons. The Kier molecular flexibility index (Phi) is 5.49. The summed E-state index contributed by atoms with van der Waals surface area (Å²) in [7, 11) is 0. The highest BCUT2D eigenvalue weighted by molar-refractivity contribution is 5.85. The highest BCUT2D eigenvalue weighted by Gasteiger charge is 2.23. The fourth-order valence-electron chi connectivity index (χ4n) is 4.23. The molecule has 6 rings (SSSR count). The molecule has 3 aromatic heterocycles. The molecule has 178 valence electrons. The molecule has 1 aromatic carbocycles. The SMILES string of the molecule is O=C(O)c1ccc(Nc2cc(-c3ccc4ncn(CC5CC5)c4c3)nc(N3CCOCC3)n2)cn1. The zero-order chi connectivity index (χ0) is 23.8. The van der Waals surface area contributed by atoms with Crippen LogP contribution >= 0.6 is 0 Å². The second-order valence-electron chi connectivity index (χ2n) is 8.94. The number of aromatic nitrogens is 5. The van der Waals surface area contributed by atoms with Gasteiger partial charge in [-0.2, -0.15) is 4.98 Å². The summed E-state index contributed by atoms with van der Waals surface area (Å²) in [6.07, 6.45) is 5.98. The van der Waals surface area contributed by atoms with E-state index in [1.54, 1.807) is 6.07 Å². The number of carbonyl (C=O) groups is 1. The smallest absolute Gasteiger partial charge is 0.354 e. The third-order valence-electron chi connectivity index (χ3n) is 6.33. The van der Waals surface area contributed by atoms with Gasteiger partial charge in [-0.25, -0.2) is 19.7 Å². The summed E-state index contributed by atoms with van der Waals surface area (Å²) in [6.45, 7) is 3.68. The summed E-state index contributed by atoms with van der Waals surface area (Å²) in [5.41, 5.74) is 4.48. The van der Waals surface area contributed by atoms with Gasteiger partial charge < -0.3 is 24.6 Å². The monoisotopic (exact) mass is 471 g/mol. The largest absolute Gasteiger partial charge is 0.477 e. The number of pyridine rings is 1. The molecular weight excluding hydrogens is 446 g/mol. The van der Waals surface area contributed by atoms with E-state index in [1.807, 2.05) is 24.5 Å². The fraction of sp³-hybridized carbons (Fsp3) is 0.320. The van der Waals surface area contributed by atoms with E-state index in [4.69, 9.17) is 19.8 Å². The molecule has 1 saturated carbocycles. The molecule has 4 aromatic rings. The van der Waals surface area contributed by atoms with Crippen LogP contribution in [0.3, 0.4) is 0 Å². The first-order valence-corrected chi connectivity index (χ1v) is 11.8. The van der Waals surface area contributed by atoms with E-state index in [2.05, 4.69) is 30.8 Å². The Morgan fingerprint density at radius 1 is 1.09 bits per heavy atom. The lowest BCUT2D eigenvalue weighted by atomic mass is 10.1. The number of nitrogens with one attached hydrogen (secondary N) is 1. The van der Waals surface area contributed by atoms with Crippen molar-refractivity contribution in [3.8, 4) is 11.3 Å². The van der Waals surface area contributed by atoms with Gasteiger partial charge in [0.25, 0.3) is 0 Å². The zero-order valence-electron chi connectivity index (χ0n) is 19.1. The van der Waals surface area contributed by atoms with Crippen molar-refractivity contribution in [3.63, 3.8) is 0 Å². The molecule has 2 aliphatic rings. The Morgan fingerprint density at radius 2 is 1.94 bits per heavy atom. The maximum Gasteiger partial charge on any atom is 0.354 e. The van der Waals surface area contributed by atoms with Crippen LogP contribution in [-0.2, 0) is 11.3 Å². The van der Waals surface area contributed by atoms with Crippen molar-refractivity contribution in [1.82, 2.24) is 24.5 Å². The maximum absolute atomic E-state index is 11.1. The molecule has 0 spiro atoms. The average Bonchev–Trinajstić information content (AvgIpc) is 3.62. The number of aromatic carboxylic acids is 1. The summed E-state index contributed by atoms with van der Waals surface area (Å²) in [4.78, 5) is 31.4. The highest BCUT2D eigenvalue weighted by atomic mass is 16.5. The van der Waals surface area contributed by atoms with E-state index < -0.39 is 5.97 Å². The summed E-state index contributed by atoms with van der Waals surface area (Å²) >= 11 is 0. The third kappa shape index (κ3) is 4.65. The van der Waals surface area contributed by atoms with Crippen molar-refractivity contribution in [2.24, 2.45) is 5.92 Å². The van der Waals surface area contributed by atoms with Gasteiger partial charge in [0.15, 0.2) is 0 Å². The predicted molar refractivity (Wildman–Crippen MR) is 131 cm³/mol. The van der Waals surface area contributed by atoms with E-state index in [1.165, 1.54) is 25.1 Å². The number of anilines is 3. The van der Waals surface area contributed by atoms with Crippen molar-refractivity contribution in [1.29, 1.82) is 0 Å². The van der Waals surface area contributed by atoms with Gasteiger partial charge in [-0.05, 0) is 43.0 Å². The van der Waals surface area contributed by atoms with Gasteiger partial charge in [0.1, 0.15) is 11.5 Å². The van der Waals surface area contributed by atoms with Crippen molar-refractivity contribution in [2.45, 2.75) is 19.4 Å². The molecule has 1 aliphatic carbocycles. The molecule has 4 heterocycles. The molecule has 10 heteroatoms. The van der Waals surface area contributed by atoms with Gasteiger partial charge in [0.05, 0.1) is 48.2 Å². The third-order valence-corrected chi connectivity index (χ3v) is 6.33. The number of fused-ring (bicyclic) bond motifs is 1. The minimum absolute atomic E-state index is 0.0101. The van der Waals surface area contributed by atoms with Crippen LogP contribution in [0.25, 0.3) is 22.3 Å². The Bertz CT molecular complexity index is 1380. The first kappa shape index (κ1) is 21.5. The lowest BCUT2D eigenvalue weighted by molar-refractivity contribution is 0.0690. The number of carboxylic acids is 1. The molecule has 0 amide bonds. The fourth-order valence-corrected chi connectivity index (χ4v) is 4.23. The van der Waals surface area contributed by atoms with Crippen LogP contribution in [0.5, 0.6) is 0 Å². The van der Waals surface area contributed by atoms with Crippen LogP contribution in [0.4, 0.5) is 17.5 Å². The molecule has 35 heavy (non-hydrogen) atoms. The summed E-state index contributed by atoms with van der Waals surface area (Å²) in [6, 6.07) is 11.3. The number of benzene rings is 1. The molecule has 2 fully saturated rings. The lowest BCUT2D eigenvalue weighted by Gasteiger charge is -2.27. The van der Waals surface area contributed by atoms with E-state index in [9.17, 15) is 4.79 Å². The Labute approximate surface area is 201 Å². The zero-order valence-corrected chi connectivity index (χ0v) is 19.1. The molecule has 0 unspecified atom stereocenters. The van der Waals surface area contributed by atoms with Crippen LogP contribution in [-0.4, -0.2) is 61.9 Å². The topological polar surface area (TPSA) is 118 Å². The molecule has 0 atom stereocenters. The number of nitrogens with zero attached hydrogens (tertiary/aromatic N) is 6. The highest BCUT2D eigenvalue weighted by Crippen LogP contribution is 2.33. The summed E-state index contributed by atoms with van der Waals surface area (Å²) in [5, 5.41) is 12.4. The van der Waals surface area contributed by atoms with Crippen molar-refractivity contribution >= 4 is 34.5 Å². The molecule has 1 aliphatic heterocycles. The van der Waals surface area contributed by atoms with Gasteiger partial charge in [0, 0.05) is 31.3 Å².